The molecule has 5 atom stereocenters. The second-order valence-corrected chi connectivity index (χ2v) is 5.85. The van der Waals surface area contributed by atoms with Gasteiger partial charge >= 0.3 is 0 Å². The minimum absolute atomic E-state index is 0.00164. The van der Waals surface area contributed by atoms with Crippen LogP contribution in [0.2, 0.25) is 0 Å². The summed E-state index contributed by atoms with van der Waals surface area (Å²) in [6.07, 6.45) is -6.91. The minimum Gasteiger partial charge on any atom is -0.394 e. The van der Waals surface area contributed by atoms with Crippen LogP contribution in [-0.4, -0.2) is 98.5 Å². The first kappa shape index (κ1) is 21.2. The Morgan fingerprint density at radius 1 is 1.14 bits per heavy atom. The van der Waals surface area contributed by atoms with Crippen molar-refractivity contribution >= 4 is 5.91 Å². The van der Waals surface area contributed by atoms with Gasteiger partial charge in [0.1, 0.15) is 30.9 Å². The van der Waals surface area contributed by atoms with Crippen LogP contribution in [0.15, 0.2) is 0 Å². The molecule has 132 valence electrons. The molecule has 9 nitrogen and oxygen atoms in total. The van der Waals surface area contributed by atoms with Crippen LogP contribution in [0, 0.1) is 0 Å². The molecule has 0 aliphatic carbocycles. The monoisotopic (exact) mass is 325 g/mol. The minimum atomic E-state index is -1.93. The lowest BCUT2D eigenvalue weighted by Crippen LogP contribution is -2.52. The highest BCUT2D eigenvalue weighted by molar-refractivity contribution is 5.81. The Bertz CT molecular complexity index is 338. The number of carbonyl (C=O) groups excluding carboxylic acids is 1. The van der Waals surface area contributed by atoms with E-state index in [4.69, 9.17) is 10.2 Å². The van der Waals surface area contributed by atoms with Crippen LogP contribution in [0.4, 0.5) is 0 Å². The molecule has 0 rings (SSSR count). The van der Waals surface area contributed by atoms with Gasteiger partial charge in [0.05, 0.1) is 13.7 Å². The number of nitrogens with zero attached hydrogens (tertiary/aromatic N) is 1. The Hall–Kier alpha value is -0.810. The number of aliphatic hydroxyl groups excluding tert-OH is 5. The highest BCUT2D eigenvalue weighted by Crippen LogP contribution is 2.07. The topological polar surface area (TPSA) is 150 Å². The summed E-state index contributed by atoms with van der Waals surface area (Å²) in [6, 6.07) is -0.00164. The number of hydrogen-bond donors (Lipinski definition) is 7. The fraction of sp³-hybridized carbons (Fsp3) is 0.923. The van der Waals surface area contributed by atoms with E-state index in [0.717, 1.165) is 0 Å². The maximum Gasteiger partial charge on any atom is 0.251 e. The van der Waals surface area contributed by atoms with Crippen molar-refractivity contribution in [3.05, 3.63) is 0 Å². The highest BCUT2D eigenvalue weighted by Gasteiger charge is 2.34. The zero-order valence-electron chi connectivity index (χ0n) is 13.3. The Morgan fingerprint density at radius 2 is 1.68 bits per heavy atom. The van der Waals surface area contributed by atoms with Gasteiger partial charge in [-0.15, -0.1) is 0 Å². The number of hydrogen-bond acceptors (Lipinski definition) is 7. The van der Waals surface area contributed by atoms with Crippen molar-refractivity contribution in [2.75, 3.05) is 26.7 Å². The van der Waals surface area contributed by atoms with Crippen molar-refractivity contribution in [3.63, 3.8) is 0 Å². The number of hydroxylamine groups is 3. The van der Waals surface area contributed by atoms with Crippen molar-refractivity contribution in [1.82, 2.24) is 5.32 Å². The van der Waals surface area contributed by atoms with Crippen LogP contribution in [0.1, 0.15) is 20.3 Å². The van der Waals surface area contributed by atoms with Crippen LogP contribution in [0.25, 0.3) is 0 Å². The molecule has 7 N–H and O–H groups in total. The van der Waals surface area contributed by atoms with Crippen molar-refractivity contribution in [3.8, 4) is 0 Å². The summed E-state index contributed by atoms with van der Waals surface area (Å²) in [5.41, 5.74) is 0. The molecule has 0 aromatic heterocycles. The number of amides is 1. The molecule has 1 amide bonds. The average molecular weight is 325 g/mol. The Morgan fingerprint density at radius 3 is 2.14 bits per heavy atom. The average Bonchev–Trinajstić information content (AvgIpc) is 2.47. The molecule has 0 fully saturated rings. The van der Waals surface area contributed by atoms with E-state index < -0.39 is 36.9 Å². The molecule has 1 unspecified atom stereocenters. The molecule has 0 saturated heterocycles. The van der Waals surface area contributed by atoms with Gasteiger partial charge in [-0.1, -0.05) is 0 Å². The Labute approximate surface area is 130 Å². The molecule has 0 aliphatic heterocycles. The first-order valence-electron chi connectivity index (χ1n) is 7.23. The predicted octanol–water partition coefficient (Wildman–Crippen LogP) is -2.83. The largest absolute Gasteiger partial charge is 0.394 e. The molecule has 0 spiro atoms. The van der Waals surface area contributed by atoms with Crippen molar-refractivity contribution < 1.29 is 40.2 Å². The summed E-state index contributed by atoms with van der Waals surface area (Å²) in [5, 5.41) is 58.6. The number of carbonyl (C=O) groups is 1. The number of aliphatic hydroxyl groups is 5. The molecule has 0 aliphatic rings. The van der Waals surface area contributed by atoms with E-state index in [2.05, 4.69) is 5.32 Å². The van der Waals surface area contributed by atoms with Gasteiger partial charge in [0.15, 0.2) is 6.10 Å². The first-order chi connectivity index (χ1) is 10.0. The normalized spacial score (nSPS) is 20.1. The van der Waals surface area contributed by atoms with E-state index in [1.54, 1.807) is 7.05 Å². The third kappa shape index (κ3) is 6.53. The van der Waals surface area contributed by atoms with E-state index in [-0.39, 0.29) is 17.2 Å². The van der Waals surface area contributed by atoms with E-state index >= 15 is 0 Å². The summed E-state index contributed by atoms with van der Waals surface area (Å²) in [6.45, 7) is 3.46. The van der Waals surface area contributed by atoms with Crippen molar-refractivity contribution in [2.24, 2.45) is 0 Å². The van der Waals surface area contributed by atoms with E-state index in [9.17, 15) is 25.3 Å². The Kier molecular flexibility index (Phi) is 9.01. The van der Waals surface area contributed by atoms with Gasteiger partial charge in [0.25, 0.3) is 5.91 Å². The van der Waals surface area contributed by atoms with Gasteiger partial charge in [0, 0.05) is 13.0 Å². The standard InChI is InChI=1S/C13H28N2O7/c1-8(2)15(3,22)6-4-5-14-13(21)12(20)11(19)10(18)9(17)7-16/h8-12,16-20,22H,4-7H2,1-3H3/p+1/t9-,10-,11+,12-,15?/m1/s1. The number of rotatable bonds is 10. The van der Waals surface area contributed by atoms with Crippen molar-refractivity contribution in [1.29, 1.82) is 0 Å². The maximum atomic E-state index is 11.6. The van der Waals surface area contributed by atoms with Gasteiger partial charge in [-0.25, -0.2) is 5.21 Å². The fourth-order valence-corrected chi connectivity index (χ4v) is 1.65. The van der Waals surface area contributed by atoms with Gasteiger partial charge in [-0.3, -0.25) is 4.79 Å². The zero-order valence-corrected chi connectivity index (χ0v) is 13.3. The quantitative estimate of drug-likeness (QED) is 0.130. The van der Waals surface area contributed by atoms with E-state index in [1.165, 1.54) is 0 Å². The van der Waals surface area contributed by atoms with Gasteiger partial charge in [-0.05, 0) is 13.8 Å². The van der Waals surface area contributed by atoms with Gasteiger partial charge < -0.3 is 30.8 Å². The van der Waals surface area contributed by atoms with Crippen LogP contribution in [0.3, 0.4) is 0 Å². The molecular weight excluding hydrogens is 296 g/mol. The van der Waals surface area contributed by atoms with Crippen molar-refractivity contribution in [2.45, 2.75) is 50.7 Å². The zero-order chi connectivity index (χ0) is 17.5. The lowest BCUT2D eigenvalue weighted by Gasteiger charge is -2.29. The van der Waals surface area contributed by atoms with Crippen LogP contribution >= 0.6 is 0 Å². The molecular formula is C13H29N2O7+. The summed E-state index contributed by atoms with van der Waals surface area (Å²) >= 11 is 0. The van der Waals surface area contributed by atoms with Gasteiger partial charge in [-0.2, -0.15) is 4.65 Å². The lowest BCUT2D eigenvalue weighted by atomic mass is 10.0. The summed E-state index contributed by atoms with van der Waals surface area (Å²) < 4.78 is -0.206. The molecule has 9 heteroatoms. The maximum absolute atomic E-state index is 11.6. The van der Waals surface area contributed by atoms with Crippen LogP contribution in [0.5, 0.6) is 0 Å². The SMILES string of the molecule is CC(C)[N+](C)(O)CCCNC(=O)[C@H](O)[C@@H](O)[C@H](O)[C@H](O)CO. The molecule has 0 heterocycles. The van der Waals surface area contributed by atoms with E-state index in [0.29, 0.717) is 13.0 Å². The summed E-state index contributed by atoms with van der Waals surface area (Å²) in [7, 11) is 1.64. The first-order valence-corrected chi connectivity index (χ1v) is 7.23. The second kappa shape index (κ2) is 9.36. The van der Waals surface area contributed by atoms with Crippen LogP contribution in [-0.2, 0) is 4.79 Å². The third-order valence-corrected chi connectivity index (χ3v) is 3.72. The fourth-order valence-electron chi connectivity index (χ4n) is 1.65. The molecule has 0 aromatic rings. The highest BCUT2D eigenvalue weighted by atomic mass is 16.5. The number of quaternary nitrogens is 1. The summed E-state index contributed by atoms with van der Waals surface area (Å²) in [5.74, 6) is -0.909. The second-order valence-electron chi connectivity index (χ2n) is 5.85. The number of nitrogens with one attached hydrogen (secondary N) is 1. The molecule has 0 radical (unpaired) electrons. The lowest BCUT2D eigenvalue weighted by molar-refractivity contribution is -1.10. The van der Waals surface area contributed by atoms with Gasteiger partial charge in [0.2, 0.25) is 0 Å². The van der Waals surface area contributed by atoms with Crippen LogP contribution < -0.4 is 5.32 Å². The van der Waals surface area contributed by atoms with E-state index in [1.807, 2.05) is 13.8 Å². The smallest absolute Gasteiger partial charge is 0.251 e. The molecule has 0 bridgehead atoms. The third-order valence-electron chi connectivity index (χ3n) is 3.72. The molecule has 22 heavy (non-hydrogen) atoms. The summed E-state index contributed by atoms with van der Waals surface area (Å²) in [4.78, 5) is 11.6. The molecule has 0 saturated carbocycles. The Balaban J connectivity index is 4.22. The predicted molar refractivity (Wildman–Crippen MR) is 76.7 cm³/mol. The molecule has 0 aromatic carbocycles.